The summed E-state index contributed by atoms with van der Waals surface area (Å²) in [5, 5.41) is 0. The number of unbranched alkanes of at least 4 members (excludes halogenated alkanes) is 1. The van der Waals surface area contributed by atoms with Gasteiger partial charge in [-0.05, 0) is 147 Å². The van der Waals surface area contributed by atoms with Crippen molar-refractivity contribution in [1.29, 1.82) is 0 Å². The van der Waals surface area contributed by atoms with E-state index in [0.29, 0.717) is 54.5 Å². The van der Waals surface area contributed by atoms with Crippen molar-refractivity contribution in [2.45, 2.75) is 120 Å². The lowest BCUT2D eigenvalue weighted by atomic mass is 9.77. The van der Waals surface area contributed by atoms with Crippen LogP contribution in [0, 0.1) is 35.1 Å². The molecule has 2 aliphatic rings. The van der Waals surface area contributed by atoms with Crippen LogP contribution in [0.25, 0.3) is 22.3 Å². The second-order valence-corrected chi connectivity index (χ2v) is 16.5. The molecule has 0 unspecified atom stereocenters. The van der Waals surface area contributed by atoms with E-state index in [1.807, 2.05) is 0 Å². The number of rotatable bonds is 13. The topological polar surface area (TPSA) is 0 Å². The minimum absolute atomic E-state index is 0.0154. The predicted molar refractivity (Wildman–Crippen MR) is 208 cm³/mol. The molecule has 0 heterocycles. The van der Waals surface area contributed by atoms with Crippen molar-refractivity contribution in [3.05, 3.63) is 118 Å². The largest absolute Gasteiger partial charge is 0.458 e. The van der Waals surface area contributed by atoms with Crippen LogP contribution < -0.4 is 0 Å². The van der Waals surface area contributed by atoms with E-state index in [1.54, 1.807) is 6.07 Å². The zero-order valence-electron chi connectivity index (χ0n) is 33.9. The molecule has 0 aliphatic heterocycles. The van der Waals surface area contributed by atoms with Crippen molar-refractivity contribution in [2.24, 2.45) is 11.8 Å². The molecule has 0 amide bonds. The predicted octanol–water partition coefficient (Wildman–Crippen LogP) is 17.0. The normalized spacial score (nSPS) is 20.0. The molecule has 0 spiro atoms. The molecule has 0 aromatic heterocycles. The molecule has 4 aromatic carbocycles. The van der Waals surface area contributed by atoms with Gasteiger partial charge < -0.3 is 0 Å². The van der Waals surface area contributed by atoms with Gasteiger partial charge in [0.05, 0.1) is 24.5 Å². The summed E-state index contributed by atoms with van der Waals surface area (Å²) in [7, 11) is 0. The Morgan fingerprint density at radius 1 is 0.429 bits per heavy atom. The van der Waals surface area contributed by atoms with Crippen LogP contribution in [0.3, 0.4) is 0 Å². The van der Waals surface area contributed by atoms with Crippen molar-refractivity contribution in [3.63, 3.8) is 0 Å². The van der Waals surface area contributed by atoms with Crippen LogP contribution in [0.15, 0.2) is 72.8 Å². The lowest BCUT2D eigenvalue weighted by Gasteiger charge is -2.29. The number of alkyl halides is 12. The van der Waals surface area contributed by atoms with Gasteiger partial charge in [0.2, 0.25) is 0 Å². The van der Waals surface area contributed by atoms with E-state index in [9.17, 15) is 70.2 Å². The summed E-state index contributed by atoms with van der Waals surface area (Å²) < 4.78 is 212. The highest BCUT2D eigenvalue weighted by Crippen LogP contribution is 2.47. The molecular weight excluding hydrogens is 868 g/mol. The Hall–Kier alpha value is -4.24. The summed E-state index contributed by atoms with van der Waals surface area (Å²) in [5.74, 6) is -13.6. The van der Waals surface area contributed by atoms with Gasteiger partial charge in [0.25, 0.3) is 0 Å². The van der Waals surface area contributed by atoms with Crippen LogP contribution in [-0.4, -0.2) is 25.7 Å². The van der Waals surface area contributed by atoms with Gasteiger partial charge in [-0.1, -0.05) is 55.3 Å². The first-order valence-electron chi connectivity index (χ1n) is 20.8. The molecule has 4 aromatic rings. The number of hydrogen-bond acceptors (Lipinski definition) is 0. The SMILES string of the molecule is FCCCC1CCC(c2ccc(-c3ccc(C(F)(F)C(F)(F)F)c(F)c3)c(F)c2)CC1.FCCCCC1CCC(c2cc(F)c(-c3ccc(C(F)(F)C(F)(F)F)cc3)c(F)c2)CC1. The van der Waals surface area contributed by atoms with Crippen LogP contribution >= 0.6 is 0 Å². The summed E-state index contributed by atoms with van der Waals surface area (Å²) >= 11 is 0. The monoisotopic (exact) mass is 914 g/mol. The van der Waals surface area contributed by atoms with E-state index in [0.717, 1.165) is 94.4 Å². The van der Waals surface area contributed by atoms with Crippen LogP contribution in [0.2, 0.25) is 0 Å². The van der Waals surface area contributed by atoms with Crippen molar-refractivity contribution >= 4 is 0 Å². The first-order valence-corrected chi connectivity index (χ1v) is 20.8. The standard InChI is InChI=1S/C24H24F8.C23H22F8/c25-12-2-1-3-15-4-6-16(7-5-15)18-13-20(26)22(21(27)14-18)17-8-10-19(11-9-17)23(28,29)24(30,31)32;24-11-1-2-14-3-5-15(6-4-14)16-7-9-18(20(25)12-16)17-8-10-19(21(26)13-17)22(27,28)23(29,30)31/h8-11,13-16H,1-7,12H2;7-10,12-15H,1-6,11H2. The molecule has 6 rings (SSSR count). The van der Waals surface area contributed by atoms with Crippen LogP contribution in [0.1, 0.15) is 118 Å². The average molecular weight is 915 g/mol. The molecule has 0 radical (unpaired) electrons. The van der Waals surface area contributed by atoms with Gasteiger partial charge in [-0.15, -0.1) is 0 Å². The molecule has 0 nitrogen and oxygen atoms in total. The maximum atomic E-state index is 14.8. The maximum Gasteiger partial charge on any atom is 0.458 e. The summed E-state index contributed by atoms with van der Waals surface area (Å²) in [5.41, 5.74) is -2.63. The van der Waals surface area contributed by atoms with E-state index in [2.05, 4.69) is 0 Å². The minimum atomic E-state index is -5.94. The molecule has 2 saturated carbocycles. The molecule has 63 heavy (non-hydrogen) atoms. The van der Waals surface area contributed by atoms with Crippen molar-refractivity contribution in [3.8, 4) is 22.3 Å². The molecule has 0 saturated heterocycles. The highest BCUT2D eigenvalue weighted by atomic mass is 19.4. The molecule has 16 heteroatoms. The van der Waals surface area contributed by atoms with E-state index in [1.165, 1.54) is 24.3 Å². The van der Waals surface area contributed by atoms with Gasteiger partial charge in [0.1, 0.15) is 23.3 Å². The fraction of sp³-hybridized carbons (Fsp3) is 0.489. The summed E-state index contributed by atoms with van der Waals surface area (Å²) in [6, 6.07) is 11.2. The van der Waals surface area contributed by atoms with Crippen LogP contribution in [0.5, 0.6) is 0 Å². The number of halogens is 16. The number of hydrogen-bond donors (Lipinski definition) is 0. The second kappa shape index (κ2) is 20.7. The Morgan fingerprint density at radius 3 is 1.38 bits per heavy atom. The molecular formula is C47H46F16. The Kier molecular flexibility index (Phi) is 16.4. The van der Waals surface area contributed by atoms with Gasteiger partial charge in [-0.25, -0.2) is 17.6 Å². The van der Waals surface area contributed by atoms with Gasteiger partial charge in [-0.2, -0.15) is 43.9 Å². The van der Waals surface area contributed by atoms with E-state index >= 15 is 0 Å². The molecule has 2 fully saturated rings. The van der Waals surface area contributed by atoms with E-state index in [-0.39, 0.29) is 41.9 Å². The first-order chi connectivity index (χ1) is 29.6. The summed E-state index contributed by atoms with van der Waals surface area (Å²) in [6.07, 6.45) is -1.14. The minimum Gasteiger partial charge on any atom is -0.251 e. The van der Waals surface area contributed by atoms with Crippen molar-refractivity contribution in [1.82, 2.24) is 0 Å². The average Bonchev–Trinajstić information content (AvgIpc) is 3.22. The quantitative estimate of drug-likeness (QED) is 0.0926. The van der Waals surface area contributed by atoms with Crippen molar-refractivity contribution < 1.29 is 70.2 Å². The van der Waals surface area contributed by atoms with Crippen molar-refractivity contribution in [2.75, 3.05) is 13.3 Å². The zero-order valence-corrected chi connectivity index (χ0v) is 33.9. The molecule has 0 atom stereocenters. The molecule has 0 N–H and O–H groups in total. The maximum absolute atomic E-state index is 14.8. The first kappa shape index (κ1) is 49.8. The summed E-state index contributed by atoms with van der Waals surface area (Å²) in [6.45, 7) is -0.657. The van der Waals surface area contributed by atoms with E-state index in [4.69, 9.17) is 0 Å². The third-order valence-electron chi connectivity index (χ3n) is 12.3. The fourth-order valence-corrected chi connectivity index (χ4v) is 8.69. The Labute approximate surface area is 355 Å². The Balaban J connectivity index is 0.000000238. The molecule has 0 bridgehead atoms. The van der Waals surface area contributed by atoms with E-state index < -0.39 is 64.2 Å². The number of benzene rings is 4. The third kappa shape index (κ3) is 11.9. The lowest BCUT2D eigenvalue weighted by molar-refractivity contribution is -0.290. The van der Waals surface area contributed by atoms with Gasteiger partial charge in [0, 0.05) is 11.1 Å². The van der Waals surface area contributed by atoms with Crippen LogP contribution in [0.4, 0.5) is 70.2 Å². The van der Waals surface area contributed by atoms with Gasteiger partial charge in [-0.3, -0.25) is 8.78 Å². The second-order valence-electron chi connectivity index (χ2n) is 16.5. The Morgan fingerprint density at radius 2 is 0.905 bits per heavy atom. The van der Waals surface area contributed by atoms with Crippen LogP contribution in [-0.2, 0) is 11.8 Å². The third-order valence-corrected chi connectivity index (χ3v) is 12.3. The zero-order chi connectivity index (χ0) is 46.3. The summed E-state index contributed by atoms with van der Waals surface area (Å²) in [4.78, 5) is 0. The highest BCUT2D eigenvalue weighted by Gasteiger charge is 2.60. The Bertz CT molecular complexity index is 2070. The lowest BCUT2D eigenvalue weighted by Crippen LogP contribution is -2.34. The highest BCUT2D eigenvalue weighted by molar-refractivity contribution is 5.67. The van der Waals surface area contributed by atoms with Gasteiger partial charge >= 0.3 is 24.2 Å². The molecule has 346 valence electrons. The van der Waals surface area contributed by atoms with Gasteiger partial charge in [0.15, 0.2) is 0 Å². The molecule has 2 aliphatic carbocycles. The fourth-order valence-electron chi connectivity index (χ4n) is 8.69. The smallest absolute Gasteiger partial charge is 0.251 e.